The van der Waals surface area contributed by atoms with Gasteiger partial charge in [0.15, 0.2) is 0 Å². The molecule has 0 spiro atoms. The zero-order valence-corrected chi connectivity index (χ0v) is 21.6. The standard InChI is InChI=1S/C24H30BrNO4S2/c1-3-4-5-13-31-23-15-22(18-7-6-8-19(25)14-18)26(16-21(23)24(27)28)32(29,30)20-11-9-17(2)10-12-20/h6-12,14,21-23H,3-5,13,15-16H2,1-2H3,(H,27,28)/t21?,22?,23-/m1/s1. The van der Waals surface area contributed by atoms with E-state index < -0.39 is 28.0 Å². The molecule has 1 fully saturated rings. The van der Waals surface area contributed by atoms with Crippen LogP contribution >= 0.6 is 27.7 Å². The third-order valence-electron chi connectivity index (χ3n) is 5.89. The Morgan fingerprint density at radius 1 is 1.19 bits per heavy atom. The minimum absolute atomic E-state index is 0.0336. The fourth-order valence-electron chi connectivity index (χ4n) is 4.08. The first-order chi connectivity index (χ1) is 15.2. The van der Waals surface area contributed by atoms with E-state index >= 15 is 0 Å². The quantitative estimate of drug-likeness (QED) is 0.402. The van der Waals surface area contributed by atoms with Crippen molar-refractivity contribution in [3.05, 3.63) is 64.1 Å². The second-order valence-corrected chi connectivity index (χ2v) is 12.4. The lowest BCUT2D eigenvalue weighted by atomic mass is 9.90. The smallest absolute Gasteiger partial charge is 0.308 e. The summed E-state index contributed by atoms with van der Waals surface area (Å²) in [6, 6.07) is 14.0. The summed E-state index contributed by atoms with van der Waals surface area (Å²) < 4.78 is 29.6. The number of carboxylic acids is 1. The summed E-state index contributed by atoms with van der Waals surface area (Å²) >= 11 is 5.17. The van der Waals surface area contributed by atoms with Crippen LogP contribution in [0.1, 0.15) is 49.8 Å². The number of unbranched alkanes of at least 4 members (excludes halogenated alkanes) is 2. The number of benzene rings is 2. The van der Waals surface area contributed by atoms with Gasteiger partial charge in [-0.2, -0.15) is 16.1 Å². The Morgan fingerprint density at radius 2 is 1.91 bits per heavy atom. The van der Waals surface area contributed by atoms with Crippen LogP contribution in [0.15, 0.2) is 57.9 Å². The Labute approximate surface area is 203 Å². The van der Waals surface area contributed by atoms with Crippen LogP contribution in [0.5, 0.6) is 0 Å². The predicted octanol–water partition coefficient (Wildman–Crippen LogP) is 5.89. The first-order valence-electron chi connectivity index (χ1n) is 10.9. The maximum Gasteiger partial charge on any atom is 0.308 e. The molecule has 0 aliphatic carbocycles. The Kier molecular flexibility index (Phi) is 8.83. The molecule has 2 unspecified atom stereocenters. The molecule has 8 heteroatoms. The van der Waals surface area contributed by atoms with Gasteiger partial charge in [-0.15, -0.1) is 0 Å². The van der Waals surface area contributed by atoms with Crippen LogP contribution in [0.2, 0.25) is 0 Å². The molecule has 0 radical (unpaired) electrons. The number of aryl methyl sites for hydroxylation is 1. The Hall–Kier alpha value is -1.35. The first-order valence-corrected chi connectivity index (χ1v) is 14.2. The summed E-state index contributed by atoms with van der Waals surface area (Å²) in [5.41, 5.74) is 1.84. The van der Waals surface area contributed by atoms with E-state index in [1.54, 1.807) is 36.0 Å². The van der Waals surface area contributed by atoms with Gasteiger partial charge in [-0.3, -0.25) is 4.79 Å². The maximum atomic E-state index is 13.7. The highest BCUT2D eigenvalue weighted by molar-refractivity contribution is 9.10. The van der Waals surface area contributed by atoms with Gasteiger partial charge in [0, 0.05) is 16.3 Å². The molecular weight excluding hydrogens is 510 g/mol. The highest BCUT2D eigenvalue weighted by Crippen LogP contribution is 2.42. The van der Waals surface area contributed by atoms with Gasteiger partial charge in [0.05, 0.1) is 16.9 Å². The lowest BCUT2D eigenvalue weighted by Crippen LogP contribution is -2.49. The largest absolute Gasteiger partial charge is 0.481 e. The van der Waals surface area contributed by atoms with Gasteiger partial charge in [-0.25, -0.2) is 8.42 Å². The first kappa shape index (κ1) is 25.3. The number of sulfonamides is 1. The van der Waals surface area contributed by atoms with Crippen molar-refractivity contribution < 1.29 is 18.3 Å². The normalized spacial score (nSPS) is 22.0. The van der Waals surface area contributed by atoms with Crippen LogP contribution in [0.3, 0.4) is 0 Å². The molecule has 0 aromatic heterocycles. The van der Waals surface area contributed by atoms with E-state index in [2.05, 4.69) is 22.9 Å². The Balaban J connectivity index is 1.99. The molecule has 0 amide bonds. The summed E-state index contributed by atoms with van der Waals surface area (Å²) in [5.74, 6) is -0.793. The molecule has 3 atom stereocenters. The van der Waals surface area contributed by atoms with Crippen molar-refractivity contribution in [1.82, 2.24) is 4.31 Å². The SMILES string of the molecule is CCCCCS[C@@H]1CC(c2cccc(Br)c2)N(S(=O)(=O)c2ccc(C)cc2)CC1C(=O)O. The number of hydrogen-bond acceptors (Lipinski definition) is 4. The highest BCUT2D eigenvalue weighted by Gasteiger charge is 2.45. The molecule has 32 heavy (non-hydrogen) atoms. The summed E-state index contributed by atoms with van der Waals surface area (Å²) in [6.45, 7) is 4.01. The average Bonchev–Trinajstić information content (AvgIpc) is 2.76. The number of piperidine rings is 1. The summed E-state index contributed by atoms with van der Waals surface area (Å²) in [7, 11) is -3.86. The molecule has 1 saturated heterocycles. The third kappa shape index (κ3) is 5.95. The Morgan fingerprint density at radius 3 is 2.53 bits per heavy atom. The molecular formula is C24H30BrNO4S2. The minimum Gasteiger partial charge on any atom is -0.481 e. The van der Waals surface area contributed by atoms with Crippen LogP contribution in [-0.2, 0) is 14.8 Å². The summed E-state index contributed by atoms with van der Waals surface area (Å²) in [6.07, 6.45) is 3.73. The number of thioether (sulfide) groups is 1. The topological polar surface area (TPSA) is 74.7 Å². The van der Waals surface area contributed by atoms with Gasteiger partial charge >= 0.3 is 5.97 Å². The molecule has 2 aromatic carbocycles. The maximum absolute atomic E-state index is 13.7. The van der Waals surface area contributed by atoms with Crippen molar-refractivity contribution in [2.24, 2.45) is 5.92 Å². The van der Waals surface area contributed by atoms with Gasteiger partial charge in [0.25, 0.3) is 0 Å². The van der Waals surface area contributed by atoms with Gasteiger partial charge in [-0.05, 0) is 55.3 Å². The fourth-order valence-corrected chi connectivity index (χ4v) is 7.57. The summed E-state index contributed by atoms with van der Waals surface area (Å²) in [5, 5.41) is 9.82. The monoisotopic (exact) mass is 539 g/mol. The van der Waals surface area contributed by atoms with E-state index in [4.69, 9.17) is 0 Å². The number of carboxylic acid groups (broad SMARTS) is 1. The number of hydrogen-bond donors (Lipinski definition) is 1. The van der Waals surface area contributed by atoms with Crippen molar-refractivity contribution in [2.75, 3.05) is 12.3 Å². The van der Waals surface area contributed by atoms with Gasteiger partial charge in [0.2, 0.25) is 10.0 Å². The molecule has 1 aliphatic heterocycles. The zero-order chi connectivity index (χ0) is 23.3. The van der Waals surface area contributed by atoms with Crippen molar-refractivity contribution in [3.63, 3.8) is 0 Å². The highest BCUT2D eigenvalue weighted by atomic mass is 79.9. The van der Waals surface area contributed by atoms with Gasteiger partial charge < -0.3 is 5.11 Å². The molecule has 1 N–H and O–H groups in total. The van der Waals surface area contributed by atoms with Crippen molar-refractivity contribution in [2.45, 2.75) is 55.7 Å². The van der Waals surface area contributed by atoms with E-state index in [-0.39, 0.29) is 16.7 Å². The van der Waals surface area contributed by atoms with Crippen molar-refractivity contribution in [1.29, 1.82) is 0 Å². The van der Waals surface area contributed by atoms with Crippen LogP contribution in [0.4, 0.5) is 0 Å². The molecule has 0 saturated carbocycles. The van der Waals surface area contributed by atoms with Crippen LogP contribution in [-0.4, -0.2) is 41.3 Å². The van der Waals surface area contributed by atoms with Crippen molar-refractivity contribution >= 4 is 43.7 Å². The number of aliphatic carboxylic acids is 1. The molecule has 1 heterocycles. The fraction of sp³-hybridized carbons (Fsp3) is 0.458. The third-order valence-corrected chi connectivity index (χ3v) is 9.74. The van der Waals surface area contributed by atoms with Gasteiger partial charge in [-0.1, -0.05) is 65.5 Å². The summed E-state index contributed by atoms with van der Waals surface area (Å²) in [4.78, 5) is 12.4. The van der Waals surface area contributed by atoms with Crippen molar-refractivity contribution in [3.8, 4) is 0 Å². The molecule has 0 bridgehead atoms. The Bertz CT molecular complexity index is 1030. The predicted molar refractivity (Wildman–Crippen MR) is 133 cm³/mol. The van der Waals surface area contributed by atoms with E-state index in [9.17, 15) is 18.3 Å². The molecule has 5 nitrogen and oxygen atoms in total. The number of rotatable bonds is 9. The number of nitrogens with zero attached hydrogens (tertiary/aromatic N) is 1. The van der Waals surface area contributed by atoms with Gasteiger partial charge in [0.1, 0.15) is 0 Å². The lowest BCUT2D eigenvalue weighted by molar-refractivity contribution is -0.143. The van der Waals surface area contributed by atoms with E-state index in [0.717, 1.165) is 40.6 Å². The van der Waals surface area contributed by atoms with Crippen LogP contribution in [0.25, 0.3) is 0 Å². The zero-order valence-electron chi connectivity index (χ0n) is 18.4. The number of carbonyl (C=O) groups is 1. The number of halogens is 1. The van der Waals surface area contributed by atoms with E-state index in [1.165, 1.54) is 4.31 Å². The van der Waals surface area contributed by atoms with E-state index in [1.807, 2.05) is 31.2 Å². The molecule has 1 aliphatic rings. The molecule has 2 aromatic rings. The second-order valence-electron chi connectivity index (χ2n) is 8.26. The van der Waals surface area contributed by atoms with E-state index in [0.29, 0.717) is 6.42 Å². The second kappa shape index (κ2) is 11.2. The molecule has 174 valence electrons. The lowest BCUT2D eigenvalue weighted by Gasteiger charge is -2.42. The average molecular weight is 541 g/mol. The van der Waals surface area contributed by atoms with Crippen LogP contribution < -0.4 is 0 Å². The minimum atomic E-state index is -3.86. The molecule has 3 rings (SSSR count). The van der Waals surface area contributed by atoms with Crippen LogP contribution in [0, 0.1) is 12.8 Å².